The number of thioether (sulfide) groups is 1. The third kappa shape index (κ3) is 3.25. The molecule has 0 aliphatic heterocycles. The third-order valence-electron chi connectivity index (χ3n) is 1.83. The summed E-state index contributed by atoms with van der Waals surface area (Å²) in [7, 11) is 1.94. The predicted octanol–water partition coefficient (Wildman–Crippen LogP) is 1.65. The van der Waals surface area contributed by atoms with Crippen LogP contribution in [0.15, 0.2) is 4.90 Å². The lowest BCUT2D eigenvalue weighted by Crippen LogP contribution is -2.36. The minimum Gasteiger partial charge on any atom is -0.389 e. The third-order valence-corrected chi connectivity index (χ3v) is 3.75. The molecule has 4 nitrogen and oxygen atoms in total. The van der Waals surface area contributed by atoms with Crippen LogP contribution in [0.2, 0.25) is 0 Å². The quantitative estimate of drug-likeness (QED) is 0.792. The van der Waals surface area contributed by atoms with E-state index in [1.54, 1.807) is 25.6 Å². The molecule has 0 fully saturated rings. The molecule has 1 rings (SSSR count). The maximum atomic E-state index is 9.72. The van der Waals surface area contributed by atoms with E-state index in [9.17, 15) is 5.11 Å². The van der Waals surface area contributed by atoms with Gasteiger partial charge in [-0.05, 0) is 31.6 Å². The van der Waals surface area contributed by atoms with E-state index in [-0.39, 0.29) is 0 Å². The van der Waals surface area contributed by atoms with Gasteiger partial charge in [0.25, 0.3) is 0 Å². The first kappa shape index (κ1) is 12.6. The minimum absolute atomic E-state index is 0.558. The number of aliphatic hydroxyl groups is 1. The van der Waals surface area contributed by atoms with Crippen LogP contribution in [0.3, 0.4) is 0 Å². The fourth-order valence-corrected chi connectivity index (χ4v) is 3.04. The second-order valence-corrected chi connectivity index (χ2v) is 5.64. The molecule has 0 unspecified atom stereocenters. The van der Waals surface area contributed by atoms with E-state index in [1.807, 2.05) is 18.2 Å². The summed E-state index contributed by atoms with van der Waals surface area (Å²) in [5, 5.41) is 10.7. The second kappa shape index (κ2) is 4.59. The van der Waals surface area contributed by atoms with Crippen molar-refractivity contribution in [3.8, 4) is 0 Å². The van der Waals surface area contributed by atoms with Gasteiger partial charge in [-0.15, -0.1) is 11.8 Å². The SMILES string of the molecule is CSc1c(N)nsc1N(C)CC(C)(C)O. The highest BCUT2D eigenvalue weighted by Crippen LogP contribution is 2.37. The average molecular weight is 247 g/mol. The molecule has 15 heavy (non-hydrogen) atoms. The summed E-state index contributed by atoms with van der Waals surface area (Å²) < 4.78 is 4.11. The van der Waals surface area contributed by atoms with Crippen LogP contribution in [0.5, 0.6) is 0 Å². The van der Waals surface area contributed by atoms with Crippen molar-refractivity contribution in [1.29, 1.82) is 0 Å². The number of nitrogens with two attached hydrogens (primary N) is 1. The molecule has 0 aliphatic carbocycles. The Hall–Kier alpha value is -0.460. The zero-order valence-electron chi connectivity index (χ0n) is 9.44. The van der Waals surface area contributed by atoms with Crippen molar-refractivity contribution in [2.24, 2.45) is 0 Å². The number of hydrogen-bond donors (Lipinski definition) is 2. The summed E-state index contributed by atoms with van der Waals surface area (Å²) in [6.07, 6.45) is 1.97. The van der Waals surface area contributed by atoms with Crippen LogP contribution in [0.25, 0.3) is 0 Å². The van der Waals surface area contributed by atoms with E-state index in [0.717, 1.165) is 9.90 Å². The highest BCUT2D eigenvalue weighted by atomic mass is 32.2. The number of rotatable bonds is 4. The second-order valence-electron chi connectivity index (χ2n) is 4.07. The topological polar surface area (TPSA) is 62.4 Å². The Labute approximate surface area is 98.6 Å². The Morgan fingerprint density at radius 1 is 1.60 bits per heavy atom. The lowest BCUT2D eigenvalue weighted by Gasteiger charge is -2.26. The van der Waals surface area contributed by atoms with Crippen LogP contribution in [-0.4, -0.2) is 34.9 Å². The van der Waals surface area contributed by atoms with Gasteiger partial charge >= 0.3 is 0 Å². The maximum absolute atomic E-state index is 9.72. The van der Waals surface area contributed by atoms with Crippen molar-refractivity contribution in [3.05, 3.63) is 0 Å². The normalized spacial score (nSPS) is 11.8. The van der Waals surface area contributed by atoms with E-state index >= 15 is 0 Å². The minimum atomic E-state index is -0.719. The molecule has 0 amide bonds. The molecule has 1 aromatic rings. The fraction of sp³-hybridized carbons (Fsp3) is 0.667. The number of nitrogen functional groups attached to an aromatic ring is 1. The molecule has 86 valence electrons. The van der Waals surface area contributed by atoms with E-state index in [4.69, 9.17) is 5.73 Å². The number of hydrogen-bond acceptors (Lipinski definition) is 6. The monoisotopic (exact) mass is 247 g/mol. The first-order valence-electron chi connectivity index (χ1n) is 4.58. The van der Waals surface area contributed by atoms with Gasteiger partial charge in [0.1, 0.15) is 5.00 Å². The molecule has 1 heterocycles. The van der Waals surface area contributed by atoms with Crippen LogP contribution >= 0.6 is 23.3 Å². The number of anilines is 2. The van der Waals surface area contributed by atoms with Crippen molar-refractivity contribution < 1.29 is 5.11 Å². The van der Waals surface area contributed by atoms with Gasteiger partial charge in [-0.25, -0.2) is 0 Å². The lowest BCUT2D eigenvalue weighted by atomic mass is 10.1. The van der Waals surface area contributed by atoms with E-state index < -0.39 is 5.60 Å². The maximum Gasteiger partial charge on any atom is 0.153 e. The molecule has 6 heteroatoms. The van der Waals surface area contributed by atoms with Crippen LogP contribution in [0.4, 0.5) is 10.8 Å². The predicted molar refractivity (Wildman–Crippen MR) is 67.9 cm³/mol. The zero-order valence-corrected chi connectivity index (χ0v) is 11.1. The van der Waals surface area contributed by atoms with Crippen LogP contribution in [0.1, 0.15) is 13.8 Å². The van der Waals surface area contributed by atoms with Crippen molar-refractivity contribution in [3.63, 3.8) is 0 Å². The molecule has 0 saturated carbocycles. The summed E-state index contributed by atoms with van der Waals surface area (Å²) in [6.45, 7) is 4.13. The van der Waals surface area contributed by atoms with Gasteiger partial charge in [-0.1, -0.05) is 0 Å². The molecular formula is C9H17N3OS2. The summed E-state index contributed by atoms with van der Waals surface area (Å²) in [5.41, 5.74) is 5.02. The van der Waals surface area contributed by atoms with E-state index in [2.05, 4.69) is 4.37 Å². The summed E-state index contributed by atoms with van der Waals surface area (Å²) in [4.78, 5) is 2.98. The number of aromatic nitrogens is 1. The zero-order chi connectivity index (χ0) is 11.6. The summed E-state index contributed by atoms with van der Waals surface area (Å²) in [6, 6.07) is 0. The molecule has 0 saturated heterocycles. The number of likely N-dealkylation sites (N-methyl/N-ethyl adjacent to an activating group) is 1. The molecule has 0 aliphatic rings. The van der Waals surface area contributed by atoms with Gasteiger partial charge in [0, 0.05) is 13.6 Å². The van der Waals surface area contributed by atoms with Crippen molar-refractivity contribution in [2.45, 2.75) is 24.3 Å². The van der Waals surface area contributed by atoms with Crippen molar-refractivity contribution >= 4 is 34.1 Å². The Morgan fingerprint density at radius 2 is 2.20 bits per heavy atom. The fourth-order valence-electron chi connectivity index (χ4n) is 1.37. The van der Waals surface area contributed by atoms with Crippen LogP contribution < -0.4 is 10.6 Å². The van der Waals surface area contributed by atoms with Gasteiger partial charge in [0.05, 0.1) is 10.5 Å². The Bertz CT molecular complexity index is 333. The highest BCUT2D eigenvalue weighted by molar-refractivity contribution is 7.99. The van der Waals surface area contributed by atoms with Crippen LogP contribution in [0, 0.1) is 0 Å². The Kier molecular flexibility index (Phi) is 3.86. The highest BCUT2D eigenvalue weighted by Gasteiger charge is 2.20. The molecule has 0 radical (unpaired) electrons. The Morgan fingerprint density at radius 3 is 2.67 bits per heavy atom. The molecule has 0 aromatic carbocycles. The first-order chi connectivity index (χ1) is 6.85. The largest absolute Gasteiger partial charge is 0.389 e. The molecule has 0 bridgehead atoms. The Balaban J connectivity index is 2.86. The molecule has 1 aromatic heterocycles. The molecule has 0 spiro atoms. The van der Waals surface area contributed by atoms with Gasteiger partial charge in [0.15, 0.2) is 5.82 Å². The summed E-state index contributed by atoms with van der Waals surface area (Å²) in [5.74, 6) is 0.574. The van der Waals surface area contributed by atoms with Crippen LogP contribution in [-0.2, 0) is 0 Å². The summed E-state index contributed by atoms with van der Waals surface area (Å²) >= 11 is 2.95. The lowest BCUT2D eigenvalue weighted by molar-refractivity contribution is 0.0887. The average Bonchev–Trinajstić information content (AvgIpc) is 2.43. The van der Waals surface area contributed by atoms with Gasteiger partial charge in [-0.3, -0.25) is 0 Å². The molecule has 3 N–H and O–H groups in total. The van der Waals surface area contributed by atoms with Crippen molar-refractivity contribution in [2.75, 3.05) is 30.5 Å². The van der Waals surface area contributed by atoms with E-state index in [0.29, 0.717) is 12.4 Å². The van der Waals surface area contributed by atoms with Gasteiger partial charge in [0.2, 0.25) is 0 Å². The van der Waals surface area contributed by atoms with Gasteiger partial charge in [-0.2, -0.15) is 4.37 Å². The molecular weight excluding hydrogens is 230 g/mol. The standard InChI is InChI=1S/C9H17N3OS2/c1-9(2,13)5-12(3)8-6(14-4)7(10)11-15-8/h13H,5H2,1-4H3,(H2,10,11). The van der Waals surface area contributed by atoms with E-state index in [1.165, 1.54) is 11.5 Å². The first-order valence-corrected chi connectivity index (χ1v) is 6.57. The number of nitrogens with zero attached hydrogens (tertiary/aromatic N) is 2. The van der Waals surface area contributed by atoms with Crippen molar-refractivity contribution in [1.82, 2.24) is 4.37 Å². The molecule has 0 atom stereocenters. The van der Waals surface area contributed by atoms with Gasteiger partial charge < -0.3 is 15.7 Å². The smallest absolute Gasteiger partial charge is 0.153 e.